The number of thiazole rings is 1. The van der Waals surface area contributed by atoms with Gasteiger partial charge in [0.1, 0.15) is 11.3 Å². The molecular formula is C25H25FN4O4S. The van der Waals surface area contributed by atoms with Crippen molar-refractivity contribution in [2.75, 3.05) is 49.2 Å². The first-order valence-electron chi connectivity index (χ1n) is 11.6. The van der Waals surface area contributed by atoms with Crippen LogP contribution in [-0.2, 0) is 14.3 Å². The highest BCUT2D eigenvalue weighted by molar-refractivity contribution is 7.22. The van der Waals surface area contributed by atoms with Crippen LogP contribution in [0, 0.1) is 5.82 Å². The molecule has 5 rings (SSSR count). The number of benzene rings is 2. The molecule has 182 valence electrons. The number of fused-ring (bicyclic) bond motifs is 1. The Morgan fingerprint density at radius 1 is 1.09 bits per heavy atom. The molecule has 0 aliphatic carbocycles. The van der Waals surface area contributed by atoms with Crippen LogP contribution in [0.4, 0.5) is 15.2 Å². The van der Waals surface area contributed by atoms with Crippen molar-refractivity contribution in [1.29, 1.82) is 0 Å². The molecule has 1 aromatic heterocycles. The largest absolute Gasteiger partial charge is 0.379 e. The normalized spacial score (nSPS) is 16.9. The molecule has 0 bridgehead atoms. The lowest BCUT2D eigenvalue weighted by Crippen LogP contribution is -2.39. The number of carbonyl (C=O) groups is 3. The molecule has 0 N–H and O–H groups in total. The maximum absolute atomic E-state index is 14.3. The second kappa shape index (κ2) is 10.2. The summed E-state index contributed by atoms with van der Waals surface area (Å²) in [5, 5.41) is 0.413. The highest BCUT2D eigenvalue weighted by atomic mass is 32.1. The smallest absolute Gasteiger partial charge is 0.260 e. The Bertz CT molecular complexity index is 1260. The van der Waals surface area contributed by atoms with Crippen LogP contribution < -0.4 is 9.80 Å². The summed E-state index contributed by atoms with van der Waals surface area (Å²) in [6.45, 7) is 4.27. The summed E-state index contributed by atoms with van der Waals surface area (Å²) in [6, 6.07) is 11.3. The third-order valence-corrected chi connectivity index (χ3v) is 7.24. The van der Waals surface area contributed by atoms with E-state index in [2.05, 4.69) is 9.88 Å². The van der Waals surface area contributed by atoms with E-state index in [0.29, 0.717) is 47.3 Å². The molecule has 2 aromatic carbocycles. The fourth-order valence-corrected chi connectivity index (χ4v) is 5.38. The highest BCUT2D eigenvalue weighted by Crippen LogP contribution is 2.32. The summed E-state index contributed by atoms with van der Waals surface area (Å²) < 4.78 is 20.4. The number of morpholine rings is 1. The summed E-state index contributed by atoms with van der Waals surface area (Å²) in [5.74, 6) is -1.29. The average molecular weight is 497 g/mol. The number of hydrogen-bond donors (Lipinski definition) is 0. The molecule has 2 saturated heterocycles. The van der Waals surface area contributed by atoms with E-state index < -0.39 is 5.82 Å². The first kappa shape index (κ1) is 23.5. The second-order valence-corrected chi connectivity index (χ2v) is 9.53. The fraction of sp³-hybridized carbons (Fsp3) is 0.360. The molecule has 35 heavy (non-hydrogen) atoms. The quantitative estimate of drug-likeness (QED) is 0.466. The number of nitrogens with zero attached hydrogens (tertiary/aromatic N) is 4. The van der Waals surface area contributed by atoms with Crippen molar-refractivity contribution >= 4 is 50.1 Å². The number of rotatable bonds is 7. The third-order valence-electron chi connectivity index (χ3n) is 6.20. The van der Waals surface area contributed by atoms with E-state index in [1.165, 1.54) is 17.4 Å². The topological polar surface area (TPSA) is 83.1 Å². The molecule has 2 fully saturated rings. The van der Waals surface area contributed by atoms with Gasteiger partial charge in [-0.15, -0.1) is 0 Å². The lowest BCUT2D eigenvalue weighted by Gasteiger charge is -2.28. The SMILES string of the molecule is O=C(c1cccc(N2C(=O)CCC2=O)c1)N(CCCN1CCOCC1)c1nc2c(F)cccc2s1. The summed E-state index contributed by atoms with van der Waals surface area (Å²) >= 11 is 1.26. The molecule has 0 unspecified atom stereocenters. The van der Waals surface area contributed by atoms with Crippen molar-refractivity contribution < 1.29 is 23.5 Å². The van der Waals surface area contributed by atoms with E-state index >= 15 is 0 Å². The van der Waals surface area contributed by atoms with Crippen LogP contribution in [0.15, 0.2) is 42.5 Å². The van der Waals surface area contributed by atoms with E-state index in [1.807, 2.05) is 0 Å². The number of halogens is 1. The van der Waals surface area contributed by atoms with Crippen molar-refractivity contribution in [3.63, 3.8) is 0 Å². The summed E-state index contributed by atoms with van der Waals surface area (Å²) in [4.78, 5) is 47.5. The maximum Gasteiger partial charge on any atom is 0.260 e. The van der Waals surface area contributed by atoms with Crippen LogP contribution in [0.5, 0.6) is 0 Å². The minimum atomic E-state index is -0.432. The van der Waals surface area contributed by atoms with Gasteiger partial charge in [-0.05, 0) is 36.8 Å². The first-order chi connectivity index (χ1) is 17.0. The number of hydrogen-bond acceptors (Lipinski definition) is 7. The molecule has 0 radical (unpaired) electrons. The third kappa shape index (κ3) is 4.95. The molecule has 2 aliphatic heterocycles. The zero-order valence-electron chi connectivity index (χ0n) is 19.1. The van der Waals surface area contributed by atoms with Crippen molar-refractivity contribution in [1.82, 2.24) is 9.88 Å². The Morgan fingerprint density at radius 2 is 1.83 bits per heavy atom. The average Bonchev–Trinajstić information content (AvgIpc) is 3.46. The Labute approximate surface area is 205 Å². The van der Waals surface area contributed by atoms with Gasteiger partial charge in [0, 0.05) is 44.6 Å². The monoisotopic (exact) mass is 496 g/mol. The lowest BCUT2D eigenvalue weighted by molar-refractivity contribution is -0.121. The highest BCUT2D eigenvalue weighted by Gasteiger charge is 2.31. The van der Waals surface area contributed by atoms with Gasteiger partial charge in [-0.2, -0.15) is 0 Å². The molecule has 0 spiro atoms. The molecule has 2 aliphatic rings. The van der Waals surface area contributed by atoms with Gasteiger partial charge in [-0.25, -0.2) is 9.37 Å². The Morgan fingerprint density at radius 3 is 2.57 bits per heavy atom. The van der Waals surface area contributed by atoms with Crippen molar-refractivity contribution in [2.24, 2.45) is 0 Å². The number of aromatic nitrogens is 1. The van der Waals surface area contributed by atoms with Crippen LogP contribution in [-0.4, -0.2) is 67.0 Å². The van der Waals surface area contributed by atoms with Gasteiger partial charge in [0.15, 0.2) is 5.13 Å². The number of carbonyl (C=O) groups excluding carboxylic acids is 3. The predicted molar refractivity (Wildman–Crippen MR) is 131 cm³/mol. The van der Waals surface area contributed by atoms with E-state index in [-0.39, 0.29) is 36.1 Å². The lowest BCUT2D eigenvalue weighted by atomic mass is 10.1. The Kier molecular flexibility index (Phi) is 6.85. The van der Waals surface area contributed by atoms with Gasteiger partial charge in [0.25, 0.3) is 5.91 Å². The molecule has 3 heterocycles. The van der Waals surface area contributed by atoms with Crippen molar-refractivity contribution in [3.8, 4) is 0 Å². The maximum atomic E-state index is 14.3. The zero-order chi connectivity index (χ0) is 24.4. The minimum Gasteiger partial charge on any atom is -0.379 e. The molecule has 0 atom stereocenters. The predicted octanol–water partition coefficient (Wildman–Crippen LogP) is 3.46. The van der Waals surface area contributed by atoms with Crippen LogP contribution in [0.3, 0.4) is 0 Å². The molecule has 10 heteroatoms. The van der Waals surface area contributed by atoms with E-state index in [0.717, 1.165) is 24.5 Å². The molecule has 3 amide bonds. The Hall–Kier alpha value is -3.21. The minimum absolute atomic E-state index is 0.169. The van der Waals surface area contributed by atoms with Gasteiger partial charge < -0.3 is 4.74 Å². The van der Waals surface area contributed by atoms with Gasteiger partial charge in [-0.3, -0.25) is 29.1 Å². The van der Waals surface area contributed by atoms with Crippen LogP contribution >= 0.6 is 11.3 Å². The van der Waals surface area contributed by atoms with Gasteiger partial charge in [-0.1, -0.05) is 23.5 Å². The van der Waals surface area contributed by atoms with Crippen molar-refractivity contribution in [2.45, 2.75) is 19.3 Å². The van der Waals surface area contributed by atoms with Crippen LogP contribution in [0.2, 0.25) is 0 Å². The first-order valence-corrected chi connectivity index (χ1v) is 12.5. The van der Waals surface area contributed by atoms with Crippen LogP contribution in [0.25, 0.3) is 10.2 Å². The van der Waals surface area contributed by atoms with Crippen molar-refractivity contribution in [3.05, 3.63) is 53.8 Å². The van der Waals surface area contributed by atoms with Gasteiger partial charge in [0.2, 0.25) is 11.8 Å². The Balaban J connectivity index is 1.43. The van der Waals surface area contributed by atoms with Crippen LogP contribution in [0.1, 0.15) is 29.6 Å². The zero-order valence-corrected chi connectivity index (χ0v) is 19.9. The number of ether oxygens (including phenoxy) is 1. The number of amides is 3. The molecule has 0 saturated carbocycles. The number of para-hydroxylation sites is 1. The van der Waals surface area contributed by atoms with Gasteiger partial charge >= 0.3 is 0 Å². The summed E-state index contributed by atoms with van der Waals surface area (Å²) in [6.07, 6.45) is 1.04. The van der Waals surface area contributed by atoms with E-state index in [1.54, 1.807) is 41.3 Å². The van der Waals surface area contributed by atoms with Gasteiger partial charge in [0.05, 0.1) is 23.6 Å². The number of anilines is 2. The molecule has 3 aromatic rings. The fourth-order valence-electron chi connectivity index (χ4n) is 4.38. The van der Waals surface area contributed by atoms with E-state index in [4.69, 9.17) is 4.74 Å². The second-order valence-electron chi connectivity index (χ2n) is 8.52. The van der Waals surface area contributed by atoms with E-state index in [9.17, 15) is 18.8 Å². The summed E-state index contributed by atoms with van der Waals surface area (Å²) in [7, 11) is 0. The molecular weight excluding hydrogens is 471 g/mol. The molecule has 8 nitrogen and oxygen atoms in total. The summed E-state index contributed by atoms with van der Waals surface area (Å²) in [5.41, 5.74) is 0.952. The number of imide groups is 1. The standard InChI is InChI=1S/C25H25FN4O4S/c26-19-6-2-7-20-23(19)27-25(35-20)29(11-3-10-28-12-14-34-15-13-28)24(33)17-4-1-5-18(16-17)30-21(31)8-9-22(30)32/h1-2,4-7,16H,3,8-15H2.